The number of hydrogen-bond donors (Lipinski definition) is 2. The number of nitrogens with one attached hydrogen (secondary N) is 2. The summed E-state index contributed by atoms with van der Waals surface area (Å²) in [6.45, 7) is 0.676. The van der Waals surface area contributed by atoms with Crippen molar-refractivity contribution in [3.63, 3.8) is 0 Å². The molecule has 1 heterocycles. The third kappa shape index (κ3) is 4.94. The van der Waals surface area contributed by atoms with Gasteiger partial charge in [0.1, 0.15) is 12.4 Å². The molecule has 0 saturated carbocycles. The Labute approximate surface area is 183 Å². The predicted molar refractivity (Wildman–Crippen MR) is 117 cm³/mol. The van der Waals surface area contributed by atoms with E-state index < -0.39 is 17.6 Å². The lowest BCUT2D eigenvalue weighted by molar-refractivity contribution is -0.137. The standard InChI is InChI=1S/C25H21F3N2O2/c26-25(27,28)22-9-5-4-8-21(22)24(31)29-13-12-18-15-30-23-14-19(10-11-20(18)23)32-16-17-6-2-1-3-7-17/h1-11,14-15,30H,12-13,16H2,(H,29,31). The zero-order valence-corrected chi connectivity index (χ0v) is 17.1. The van der Waals surface area contributed by atoms with Crippen molar-refractivity contribution in [3.8, 4) is 5.75 Å². The van der Waals surface area contributed by atoms with Gasteiger partial charge in [-0.25, -0.2) is 0 Å². The number of alkyl halides is 3. The van der Waals surface area contributed by atoms with E-state index in [9.17, 15) is 18.0 Å². The minimum atomic E-state index is -4.58. The van der Waals surface area contributed by atoms with Crippen molar-refractivity contribution in [2.75, 3.05) is 6.54 Å². The Bertz CT molecular complexity index is 1220. The molecule has 0 aliphatic carbocycles. The summed E-state index contributed by atoms with van der Waals surface area (Å²) in [6, 6.07) is 20.3. The fraction of sp³-hybridized carbons (Fsp3) is 0.160. The van der Waals surface area contributed by atoms with Crippen LogP contribution in [-0.4, -0.2) is 17.4 Å². The maximum absolute atomic E-state index is 13.1. The average Bonchev–Trinajstić information content (AvgIpc) is 3.20. The quantitative estimate of drug-likeness (QED) is 0.387. The molecule has 3 aromatic carbocycles. The van der Waals surface area contributed by atoms with E-state index in [0.29, 0.717) is 13.0 Å². The largest absolute Gasteiger partial charge is 0.489 e. The van der Waals surface area contributed by atoms with Gasteiger partial charge in [-0.2, -0.15) is 13.2 Å². The van der Waals surface area contributed by atoms with Gasteiger partial charge in [0, 0.05) is 29.7 Å². The Morgan fingerprint density at radius 2 is 1.72 bits per heavy atom. The van der Waals surface area contributed by atoms with Crippen LogP contribution in [-0.2, 0) is 19.2 Å². The zero-order valence-electron chi connectivity index (χ0n) is 17.1. The highest BCUT2D eigenvalue weighted by molar-refractivity contribution is 5.96. The van der Waals surface area contributed by atoms with Gasteiger partial charge < -0.3 is 15.0 Å². The summed E-state index contributed by atoms with van der Waals surface area (Å²) in [4.78, 5) is 15.5. The van der Waals surface area contributed by atoms with Crippen LogP contribution in [0.1, 0.15) is 27.0 Å². The Kier molecular flexibility index (Phi) is 6.16. The smallest absolute Gasteiger partial charge is 0.417 e. The highest BCUT2D eigenvalue weighted by Gasteiger charge is 2.34. The SMILES string of the molecule is O=C(NCCc1c[nH]c2cc(OCc3ccccc3)ccc12)c1ccccc1C(F)(F)F. The molecular weight excluding hydrogens is 417 g/mol. The van der Waals surface area contributed by atoms with Gasteiger partial charge in [-0.05, 0) is 41.8 Å². The first-order valence-corrected chi connectivity index (χ1v) is 10.1. The van der Waals surface area contributed by atoms with Crippen LogP contribution in [0.3, 0.4) is 0 Å². The van der Waals surface area contributed by atoms with Crippen LogP contribution in [0.25, 0.3) is 10.9 Å². The van der Waals surface area contributed by atoms with E-state index in [1.165, 1.54) is 18.2 Å². The molecule has 4 rings (SSSR count). The van der Waals surface area contributed by atoms with E-state index in [1.54, 1.807) is 0 Å². The number of halogens is 3. The van der Waals surface area contributed by atoms with Crippen molar-refractivity contribution in [2.24, 2.45) is 0 Å². The van der Waals surface area contributed by atoms with Crippen LogP contribution < -0.4 is 10.1 Å². The fourth-order valence-electron chi connectivity index (χ4n) is 3.54. The minimum absolute atomic E-state index is 0.213. The number of ether oxygens (including phenoxy) is 1. The number of aromatic nitrogens is 1. The Morgan fingerprint density at radius 3 is 2.50 bits per heavy atom. The number of benzene rings is 3. The molecular formula is C25H21F3N2O2. The lowest BCUT2D eigenvalue weighted by Gasteiger charge is -2.12. The van der Waals surface area contributed by atoms with Gasteiger partial charge in [0.25, 0.3) is 5.91 Å². The second-order valence-corrected chi connectivity index (χ2v) is 7.34. The Morgan fingerprint density at radius 1 is 0.969 bits per heavy atom. The van der Waals surface area contributed by atoms with Crippen molar-refractivity contribution in [3.05, 3.63) is 101 Å². The number of amides is 1. The highest BCUT2D eigenvalue weighted by atomic mass is 19.4. The van der Waals surface area contributed by atoms with E-state index in [2.05, 4.69) is 10.3 Å². The molecule has 1 amide bonds. The van der Waals surface area contributed by atoms with Crippen LogP contribution in [0.15, 0.2) is 79.0 Å². The molecule has 32 heavy (non-hydrogen) atoms. The first kappa shape index (κ1) is 21.5. The van der Waals surface area contributed by atoms with E-state index in [0.717, 1.165) is 33.8 Å². The number of carbonyl (C=O) groups is 1. The van der Waals surface area contributed by atoms with Gasteiger partial charge in [-0.3, -0.25) is 4.79 Å². The molecule has 0 aliphatic heterocycles. The van der Waals surface area contributed by atoms with E-state index >= 15 is 0 Å². The number of H-pyrrole nitrogens is 1. The molecule has 0 fully saturated rings. The van der Waals surface area contributed by atoms with Gasteiger partial charge in [-0.1, -0.05) is 42.5 Å². The Balaban J connectivity index is 1.37. The van der Waals surface area contributed by atoms with E-state index in [-0.39, 0.29) is 12.1 Å². The molecule has 0 saturated heterocycles. The molecule has 0 radical (unpaired) electrons. The monoisotopic (exact) mass is 438 g/mol. The number of hydrogen-bond acceptors (Lipinski definition) is 2. The summed E-state index contributed by atoms with van der Waals surface area (Å²) < 4.78 is 45.2. The van der Waals surface area contributed by atoms with Gasteiger partial charge in [0.05, 0.1) is 11.1 Å². The summed E-state index contributed by atoms with van der Waals surface area (Å²) in [6.07, 6.45) is -2.27. The lowest BCUT2D eigenvalue weighted by atomic mass is 10.1. The number of aromatic amines is 1. The first-order chi connectivity index (χ1) is 15.4. The van der Waals surface area contributed by atoms with Crippen LogP contribution >= 0.6 is 0 Å². The normalized spacial score (nSPS) is 11.5. The van der Waals surface area contributed by atoms with E-state index in [1.807, 2.05) is 54.7 Å². The second kappa shape index (κ2) is 9.18. The zero-order chi connectivity index (χ0) is 22.6. The lowest BCUT2D eigenvalue weighted by Crippen LogP contribution is -2.28. The van der Waals surface area contributed by atoms with Crippen LogP contribution in [0.4, 0.5) is 13.2 Å². The Hall–Kier alpha value is -3.74. The van der Waals surface area contributed by atoms with Crippen LogP contribution in [0, 0.1) is 0 Å². The number of carbonyl (C=O) groups excluding carboxylic acids is 1. The second-order valence-electron chi connectivity index (χ2n) is 7.34. The minimum Gasteiger partial charge on any atom is -0.489 e. The summed E-state index contributed by atoms with van der Waals surface area (Å²) in [5.41, 5.74) is 1.60. The van der Waals surface area contributed by atoms with Crippen LogP contribution in [0.5, 0.6) is 5.75 Å². The summed E-state index contributed by atoms with van der Waals surface area (Å²) >= 11 is 0. The fourth-order valence-corrected chi connectivity index (χ4v) is 3.54. The van der Waals surface area contributed by atoms with Gasteiger partial charge in [0.15, 0.2) is 0 Å². The highest BCUT2D eigenvalue weighted by Crippen LogP contribution is 2.31. The van der Waals surface area contributed by atoms with Gasteiger partial charge >= 0.3 is 6.18 Å². The van der Waals surface area contributed by atoms with Crippen molar-refractivity contribution in [1.29, 1.82) is 0 Å². The average molecular weight is 438 g/mol. The van der Waals surface area contributed by atoms with Crippen molar-refractivity contribution < 1.29 is 22.7 Å². The molecule has 4 aromatic rings. The van der Waals surface area contributed by atoms with Crippen molar-refractivity contribution in [2.45, 2.75) is 19.2 Å². The molecule has 7 heteroatoms. The van der Waals surface area contributed by atoms with Gasteiger partial charge in [-0.15, -0.1) is 0 Å². The molecule has 164 valence electrons. The third-order valence-electron chi connectivity index (χ3n) is 5.14. The summed E-state index contributed by atoms with van der Waals surface area (Å²) in [7, 11) is 0. The molecule has 0 bridgehead atoms. The molecule has 0 spiro atoms. The first-order valence-electron chi connectivity index (χ1n) is 10.1. The summed E-state index contributed by atoms with van der Waals surface area (Å²) in [5.74, 6) is -0.0128. The number of rotatable bonds is 7. The molecule has 4 nitrogen and oxygen atoms in total. The van der Waals surface area contributed by atoms with Crippen molar-refractivity contribution >= 4 is 16.8 Å². The number of fused-ring (bicyclic) bond motifs is 1. The summed E-state index contributed by atoms with van der Waals surface area (Å²) in [5, 5.41) is 3.56. The molecule has 0 atom stereocenters. The van der Waals surface area contributed by atoms with Crippen LogP contribution in [0.2, 0.25) is 0 Å². The third-order valence-corrected chi connectivity index (χ3v) is 5.14. The molecule has 1 aromatic heterocycles. The molecule has 0 unspecified atom stereocenters. The van der Waals surface area contributed by atoms with Gasteiger partial charge in [0.2, 0.25) is 0 Å². The van der Waals surface area contributed by atoms with Crippen molar-refractivity contribution in [1.82, 2.24) is 10.3 Å². The maximum Gasteiger partial charge on any atom is 0.417 e. The predicted octanol–water partition coefficient (Wildman–Crippen LogP) is 5.74. The van der Waals surface area contributed by atoms with E-state index in [4.69, 9.17) is 4.74 Å². The topological polar surface area (TPSA) is 54.1 Å². The maximum atomic E-state index is 13.1. The molecule has 0 aliphatic rings. The molecule has 2 N–H and O–H groups in total.